The molecule has 84 valence electrons. The third-order valence-electron chi connectivity index (χ3n) is 2.21. The van der Waals surface area contributed by atoms with E-state index in [9.17, 15) is 4.79 Å². The van der Waals surface area contributed by atoms with Crippen molar-refractivity contribution >= 4 is 17.4 Å². The highest BCUT2D eigenvalue weighted by Gasteiger charge is 2.08. The molecule has 0 amide bonds. The maximum Gasteiger partial charge on any atom is 0.343 e. The Labute approximate surface area is 96.7 Å². The largest absolute Gasteiger partial charge is 0.398 e. The highest BCUT2D eigenvalue weighted by molar-refractivity contribution is 7.99. The molecule has 0 unspecified atom stereocenters. The van der Waals surface area contributed by atoms with Gasteiger partial charge < -0.3 is 5.73 Å². The average molecular weight is 236 g/mol. The summed E-state index contributed by atoms with van der Waals surface area (Å²) in [6.07, 6.45) is 0. The molecule has 2 aromatic rings. The summed E-state index contributed by atoms with van der Waals surface area (Å²) in [4.78, 5) is 12.1. The van der Waals surface area contributed by atoms with E-state index in [0.29, 0.717) is 10.8 Å². The van der Waals surface area contributed by atoms with Crippen molar-refractivity contribution in [2.45, 2.75) is 17.0 Å². The summed E-state index contributed by atoms with van der Waals surface area (Å²) in [6.45, 7) is 1.98. The molecule has 0 spiro atoms. The molecule has 3 N–H and O–H groups in total. The van der Waals surface area contributed by atoms with Gasteiger partial charge in [-0.2, -0.15) is 0 Å². The summed E-state index contributed by atoms with van der Waals surface area (Å²) in [7, 11) is 1.67. The first-order valence-corrected chi connectivity index (χ1v) is 5.55. The standard InChI is InChI=1S/C10H12N4OS/c1-6-3-4-8(7(11)5-6)16-10-13-12-9(15)14(10)2/h3-5H,11H2,1-2H3,(H,12,15). The van der Waals surface area contributed by atoms with E-state index < -0.39 is 0 Å². The second kappa shape index (κ2) is 4.05. The number of anilines is 1. The quantitative estimate of drug-likeness (QED) is 0.767. The lowest BCUT2D eigenvalue weighted by Crippen LogP contribution is -2.12. The van der Waals surface area contributed by atoms with Crippen LogP contribution in [0.2, 0.25) is 0 Å². The number of nitrogens with one attached hydrogen (secondary N) is 1. The molecular formula is C10H12N4OS. The fourth-order valence-corrected chi connectivity index (χ4v) is 2.10. The van der Waals surface area contributed by atoms with Gasteiger partial charge in [-0.1, -0.05) is 6.07 Å². The Morgan fingerprint density at radius 3 is 2.81 bits per heavy atom. The van der Waals surface area contributed by atoms with Crippen LogP contribution in [-0.2, 0) is 7.05 Å². The maximum atomic E-state index is 11.2. The predicted molar refractivity (Wildman–Crippen MR) is 63.5 cm³/mol. The van der Waals surface area contributed by atoms with Crippen molar-refractivity contribution in [3.8, 4) is 0 Å². The maximum absolute atomic E-state index is 11.2. The number of nitrogens with two attached hydrogens (primary N) is 1. The summed E-state index contributed by atoms with van der Waals surface area (Å²) in [5.41, 5.74) is 7.46. The van der Waals surface area contributed by atoms with Crippen LogP contribution in [0.4, 0.5) is 5.69 Å². The number of aromatic nitrogens is 3. The van der Waals surface area contributed by atoms with Gasteiger partial charge in [0.05, 0.1) is 0 Å². The molecule has 0 aliphatic heterocycles. The van der Waals surface area contributed by atoms with Crippen molar-refractivity contribution in [1.29, 1.82) is 0 Å². The molecule has 0 saturated carbocycles. The van der Waals surface area contributed by atoms with Crippen LogP contribution < -0.4 is 11.4 Å². The predicted octanol–water partition coefficient (Wildman–Crippen LogP) is 1.15. The van der Waals surface area contributed by atoms with Crippen molar-refractivity contribution in [2.75, 3.05) is 5.73 Å². The summed E-state index contributed by atoms with van der Waals surface area (Å²) < 4.78 is 1.45. The summed E-state index contributed by atoms with van der Waals surface area (Å²) in [5.74, 6) is 0. The van der Waals surface area contributed by atoms with Crippen LogP contribution in [-0.4, -0.2) is 14.8 Å². The van der Waals surface area contributed by atoms with Crippen LogP contribution in [0, 0.1) is 6.92 Å². The summed E-state index contributed by atoms with van der Waals surface area (Å²) in [6, 6.07) is 5.80. The van der Waals surface area contributed by atoms with E-state index in [4.69, 9.17) is 5.73 Å². The lowest BCUT2D eigenvalue weighted by Gasteiger charge is -2.04. The zero-order chi connectivity index (χ0) is 11.7. The lowest BCUT2D eigenvalue weighted by molar-refractivity contribution is 0.766. The van der Waals surface area contributed by atoms with Gasteiger partial charge in [0.2, 0.25) is 0 Å². The third kappa shape index (κ3) is 1.96. The van der Waals surface area contributed by atoms with Gasteiger partial charge in [0.1, 0.15) is 0 Å². The Balaban J connectivity index is 2.34. The Morgan fingerprint density at radius 1 is 1.50 bits per heavy atom. The van der Waals surface area contributed by atoms with Crippen LogP contribution in [0.25, 0.3) is 0 Å². The van der Waals surface area contributed by atoms with E-state index in [1.165, 1.54) is 16.3 Å². The van der Waals surface area contributed by atoms with Gasteiger partial charge in [-0.15, -0.1) is 5.10 Å². The van der Waals surface area contributed by atoms with Gasteiger partial charge in [-0.3, -0.25) is 4.57 Å². The summed E-state index contributed by atoms with van der Waals surface area (Å²) in [5, 5.41) is 6.89. The van der Waals surface area contributed by atoms with E-state index in [1.807, 2.05) is 25.1 Å². The minimum Gasteiger partial charge on any atom is -0.398 e. The number of nitrogens with zero attached hydrogens (tertiary/aromatic N) is 2. The SMILES string of the molecule is Cc1ccc(Sc2n[nH]c(=O)n2C)c(N)c1. The monoisotopic (exact) mass is 236 g/mol. The lowest BCUT2D eigenvalue weighted by atomic mass is 10.2. The first-order valence-electron chi connectivity index (χ1n) is 4.73. The first-order chi connectivity index (χ1) is 7.58. The van der Waals surface area contributed by atoms with Crippen molar-refractivity contribution in [1.82, 2.24) is 14.8 Å². The molecule has 0 saturated heterocycles. The normalized spacial score (nSPS) is 10.6. The minimum absolute atomic E-state index is 0.229. The van der Waals surface area contributed by atoms with Crippen LogP contribution >= 0.6 is 11.8 Å². The van der Waals surface area contributed by atoms with E-state index >= 15 is 0 Å². The zero-order valence-corrected chi connectivity index (χ0v) is 9.84. The Kier molecular flexibility index (Phi) is 2.74. The fourth-order valence-electron chi connectivity index (χ4n) is 1.28. The molecule has 1 heterocycles. The molecular weight excluding hydrogens is 224 g/mol. The number of aryl methyl sites for hydroxylation is 1. The number of nitrogen functional groups attached to an aromatic ring is 1. The number of H-pyrrole nitrogens is 1. The molecule has 0 atom stereocenters. The van der Waals surface area contributed by atoms with Crippen molar-refractivity contribution in [2.24, 2.45) is 7.05 Å². The molecule has 16 heavy (non-hydrogen) atoms. The summed E-state index contributed by atoms with van der Waals surface area (Å²) >= 11 is 1.37. The molecule has 1 aromatic heterocycles. The molecule has 0 aliphatic carbocycles. The number of aromatic amines is 1. The molecule has 0 fully saturated rings. The topological polar surface area (TPSA) is 76.7 Å². The van der Waals surface area contributed by atoms with Gasteiger partial charge in [0.15, 0.2) is 5.16 Å². The molecule has 0 aliphatic rings. The van der Waals surface area contributed by atoms with Crippen molar-refractivity contribution in [3.63, 3.8) is 0 Å². The van der Waals surface area contributed by atoms with Gasteiger partial charge >= 0.3 is 5.69 Å². The van der Waals surface area contributed by atoms with E-state index in [2.05, 4.69) is 10.2 Å². The number of rotatable bonds is 2. The third-order valence-corrected chi connectivity index (χ3v) is 3.34. The van der Waals surface area contributed by atoms with Crippen molar-refractivity contribution < 1.29 is 0 Å². The van der Waals surface area contributed by atoms with Crippen LogP contribution in [0.3, 0.4) is 0 Å². The van der Waals surface area contributed by atoms with Crippen LogP contribution in [0.15, 0.2) is 33.0 Å². The number of benzene rings is 1. The smallest absolute Gasteiger partial charge is 0.343 e. The van der Waals surface area contributed by atoms with E-state index in [-0.39, 0.29) is 5.69 Å². The van der Waals surface area contributed by atoms with Gasteiger partial charge in [0, 0.05) is 17.6 Å². The van der Waals surface area contributed by atoms with Crippen LogP contribution in [0.5, 0.6) is 0 Å². The first kappa shape index (κ1) is 10.8. The van der Waals surface area contributed by atoms with E-state index in [1.54, 1.807) is 7.05 Å². The van der Waals surface area contributed by atoms with Gasteiger partial charge in [0.25, 0.3) is 0 Å². The molecule has 0 bridgehead atoms. The number of hydrogen-bond donors (Lipinski definition) is 2. The minimum atomic E-state index is -0.229. The Morgan fingerprint density at radius 2 is 2.25 bits per heavy atom. The van der Waals surface area contributed by atoms with Crippen molar-refractivity contribution in [3.05, 3.63) is 34.2 Å². The zero-order valence-electron chi connectivity index (χ0n) is 9.02. The molecule has 5 nitrogen and oxygen atoms in total. The Bertz CT molecular complexity index is 572. The Hall–Kier alpha value is -1.69. The average Bonchev–Trinajstić information content (AvgIpc) is 2.54. The van der Waals surface area contributed by atoms with Crippen LogP contribution in [0.1, 0.15) is 5.56 Å². The number of hydrogen-bond acceptors (Lipinski definition) is 4. The molecule has 6 heteroatoms. The second-order valence-corrected chi connectivity index (χ2v) is 4.52. The molecule has 0 radical (unpaired) electrons. The van der Waals surface area contributed by atoms with Gasteiger partial charge in [-0.25, -0.2) is 9.89 Å². The fraction of sp³-hybridized carbons (Fsp3) is 0.200. The van der Waals surface area contributed by atoms with Gasteiger partial charge in [-0.05, 0) is 36.4 Å². The second-order valence-electron chi connectivity index (χ2n) is 3.51. The highest BCUT2D eigenvalue weighted by Crippen LogP contribution is 2.30. The molecule has 1 aromatic carbocycles. The highest BCUT2D eigenvalue weighted by atomic mass is 32.2. The van der Waals surface area contributed by atoms with E-state index in [0.717, 1.165) is 10.5 Å². The molecule has 2 rings (SSSR count).